The molecule has 0 saturated carbocycles. The summed E-state index contributed by atoms with van der Waals surface area (Å²) in [5.74, 6) is -0.461. The Bertz CT molecular complexity index is 555. The number of alkyl halides is 3. The first kappa shape index (κ1) is 20.1. The number of nitrogens with two attached hydrogens (primary N) is 2. The van der Waals surface area contributed by atoms with E-state index in [0.717, 1.165) is 6.07 Å². The summed E-state index contributed by atoms with van der Waals surface area (Å²) in [5, 5.41) is 17.0. The van der Waals surface area contributed by atoms with Crippen LogP contribution in [-0.4, -0.2) is 26.2 Å². The molecule has 1 rings (SSSR count). The van der Waals surface area contributed by atoms with E-state index in [0.29, 0.717) is 6.42 Å². The molecule has 130 valence electrons. The molecule has 13 heteroatoms. The normalized spacial score (nSPS) is 10.5. The second-order valence-corrected chi connectivity index (χ2v) is 4.55. The van der Waals surface area contributed by atoms with Crippen LogP contribution in [-0.2, 0) is 12.6 Å². The highest BCUT2D eigenvalue weighted by Crippen LogP contribution is 2.29. The Morgan fingerprint density at radius 2 is 2.00 bits per heavy atom. The Morgan fingerprint density at radius 3 is 2.39 bits per heavy atom. The van der Waals surface area contributed by atoms with Crippen LogP contribution < -0.4 is 16.9 Å². The molecule has 0 fully saturated rings. The lowest BCUT2D eigenvalue weighted by Crippen LogP contribution is -2.24. The van der Waals surface area contributed by atoms with Crippen molar-refractivity contribution in [3.8, 4) is 0 Å². The first-order chi connectivity index (χ1) is 10.4. The number of anilines is 1. The van der Waals surface area contributed by atoms with Gasteiger partial charge in [0.2, 0.25) is 11.9 Å². The molecule has 0 aliphatic rings. The maximum absolute atomic E-state index is 12.7. The van der Waals surface area contributed by atoms with Crippen molar-refractivity contribution in [3.63, 3.8) is 0 Å². The summed E-state index contributed by atoms with van der Waals surface area (Å²) in [4.78, 5) is 15.6. The van der Waals surface area contributed by atoms with Gasteiger partial charge in [-0.05, 0) is 18.4 Å². The standard InChI is InChI=1S/C10H15F3N6.HNO3/c1-5(2)3-6-4-7(10(11,12)13)17-9(16-6)19-18-8(14)15;2-1(3)4/h4-5H,3H2,1-2H3,(H4,14,15,18)(H,16,17,19);(H,2,3,4). The number of rotatable bonds is 4. The van der Waals surface area contributed by atoms with Crippen LogP contribution in [0.3, 0.4) is 0 Å². The number of nitrogens with one attached hydrogen (secondary N) is 1. The Kier molecular flexibility index (Phi) is 7.49. The second kappa shape index (κ2) is 8.55. The van der Waals surface area contributed by atoms with Gasteiger partial charge < -0.3 is 16.7 Å². The van der Waals surface area contributed by atoms with Gasteiger partial charge in [0.15, 0.2) is 0 Å². The quantitative estimate of drug-likeness (QED) is 0.272. The average molecular weight is 339 g/mol. The van der Waals surface area contributed by atoms with E-state index in [1.807, 2.05) is 13.8 Å². The van der Waals surface area contributed by atoms with Gasteiger partial charge in [0, 0.05) is 5.69 Å². The fraction of sp³-hybridized carbons (Fsp3) is 0.500. The van der Waals surface area contributed by atoms with Crippen molar-refractivity contribution in [2.45, 2.75) is 26.4 Å². The van der Waals surface area contributed by atoms with E-state index in [1.54, 1.807) is 0 Å². The molecular weight excluding hydrogens is 323 g/mol. The van der Waals surface area contributed by atoms with Crippen LogP contribution >= 0.6 is 0 Å². The van der Waals surface area contributed by atoms with Gasteiger partial charge in [-0.3, -0.25) is 0 Å². The summed E-state index contributed by atoms with van der Waals surface area (Å²) in [6.07, 6.45) is -4.16. The molecule has 0 spiro atoms. The van der Waals surface area contributed by atoms with Gasteiger partial charge in [0.05, 0.1) is 0 Å². The van der Waals surface area contributed by atoms with Crippen molar-refractivity contribution in [3.05, 3.63) is 27.6 Å². The summed E-state index contributed by atoms with van der Waals surface area (Å²) >= 11 is 0. The lowest BCUT2D eigenvalue weighted by Gasteiger charge is -2.11. The van der Waals surface area contributed by atoms with E-state index in [9.17, 15) is 13.2 Å². The lowest BCUT2D eigenvalue weighted by molar-refractivity contribution is -0.742. The summed E-state index contributed by atoms with van der Waals surface area (Å²) in [6, 6.07) is 0.917. The predicted molar refractivity (Wildman–Crippen MR) is 73.8 cm³/mol. The molecule has 10 nitrogen and oxygen atoms in total. The molecule has 0 saturated heterocycles. The third-order valence-electron chi connectivity index (χ3n) is 1.97. The highest BCUT2D eigenvalue weighted by atomic mass is 19.4. The lowest BCUT2D eigenvalue weighted by atomic mass is 10.1. The molecule has 1 aromatic heterocycles. The van der Waals surface area contributed by atoms with E-state index >= 15 is 0 Å². The Balaban J connectivity index is 0.00000108. The van der Waals surface area contributed by atoms with Gasteiger partial charge >= 0.3 is 6.18 Å². The number of aromatic nitrogens is 2. The Morgan fingerprint density at radius 1 is 1.48 bits per heavy atom. The summed E-state index contributed by atoms with van der Waals surface area (Å²) < 4.78 is 38.0. The fourth-order valence-corrected chi connectivity index (χ4v) is 1.33. The first-order valence-electron chi connectivity index (χ1n) is 6.04. The Hall–Kier alpha value is -2.86. The van der Waals surface area contributed by atoms with Crippen molar-refractivity contribution in [2.24, 2.45) is 22.5 Å². The first-order valence-corrected chi connectivity index (χ1v) is 6.04. The number of halogens is 3. The third kappa shape index (κ3) is 9.65. The summed E-state index contributed by atoms with van der Waals surface area (Å²) in [7, 11) is 0. The average Bonchev–Trinajstić information content (AvgIpc) is 2.33. The van der Waals surface area contributed by atoms with Gasteiger partial charge in [-0.2, -0.15) is 13.2 Å². The van der Waals surface area contributed by atoms with E-state index in [1.165, 1.54) is 0 Å². The van der Waals surface area contributed by atoms with Crippen molar-refractivity contribution < 1.29 is 23.5 Å². The third-order valence-corrected chi connectivity index (χ3v) is 1.97. The van der Waals surface area contributed by atoms with Gasteiger partial charge in [0.25, 0.3) is 5.09 Å². The van der Waals surface area contributed by atoms with Crippen LogP contribution in [0.4, 0.5) is 19.1 Å². The molecule has 6 N–H and O–H groups in total. The molecule has 0 aliphatic carbocycles. The summed E-state index contributed by atoms with van der Waals surface area (Å²) in [5.41, 5.74) is 11.6. The highest BCUT2D eigenvalue weighted by molar-refractivity contribution is 5.76. The van der Waals surface area contributed by atoms with Crippen molar-refractivity contribution in [1.82, 2.24) is 9.97 Å². The largest absolute Gasteiger partial charge is 0.433 e. The van der Waals surface area contributed by atoms with E-state index in [2.05, 4.69) is 20.5 Å². The van der Waals surface area contributed by atoms with Crippen LogP contribution in [0.2, 0.25) is 0 Å². The van der Waals surface area contributed by atoms with Crippen LogP contribution in [0.1, 0.15) is 25.2 Å². The number of hydrogen-bond donors (Lipinski definition) is 4. The summed E-state index contributed by atoms with van der Waals surface area (Å²) in [6.45, 7) is 3.75. The molecule has 0 aromatic carbocycles. The zero-order valence-electron chi connectivity index (χ0n) is 12.2. The van der Waals surface area contributed by atoms with Gasteiger partial charge in [-0.15, -0.1) is 15.2 Å². The zero-order chi connectivity index (χ0) is 18.2. The highest BCUT2D eigenvalue weighted by Gasteiger charge is 2.33. The molecular formula is C10H16F3N7O3. The predicted octanol–water partition coefficient (Wildman–Crippen LogP) is 0.946. The monoisotopic (exact) mass is 339 g/mol. The molecule has 1 heterocycles. The minimum Gasteiger partial charge on any atom is -0.369 e. The SMILES string of the molecule is CC(C)Cc1cc(C(F)(F)F)nc(NN=C(N)N)n1.O=[N+]([O-])O. The van der Waals surface area contributed by atoms with Crippen LogP contribution in [0.5, 0.6) is 0 Å². The number of nitrogens with zero attached hydrogens (tertiary/aromatic N) is 4. The molecule has 0 radical (unpaired) electrons. The van der Waals surface area contributed by atoms with Crippen molar-refractivity contribution >= 4 is 11.9 Å². The minimum absolute atomic E-state index is 0.159. The van der Waals surface area contributed by atoms with E-state index in [-0.39, 0.29) is 23.5 Å². The molecule has 0 atom stereocenters. The Labute approximate surface area is 128 Å². The van der Waals surface area contributed by atoms with Gasteiger partial charge in [-0.1, -0.05) is 13.8 Å². The zero-order valence-corrected chi connectivity index (χ0v) is 12.2. The number of hydrazone groups is 1. The van der Waals surface area contributed by atoms with Crippen molar-refractivity contribution in [2.75, 3.05) is 5.43 Å². The minimum atomic E-state index is -4.55. The molecule has 1 aromatic rings. The molecule has 0 bridgehead atoms. The van der Waals surface area contributed by atoms with Crippen LogP contribution in [0.15, 0.2) is 11.2 Å². The van der Waals surface area contributed by atoms with Crippen molar-refractivity contribution in [1.29, 1.82) is 0 Å². The number of hydrogen-bond acceptors (Lipinski definition) is 6. The number of guanidine groups is 1. The van der Waals surface area contributed by atoms with Gasteiger partial charge in [0.1, 0.15) is 5.69 Å². The second-order valence-electron chi connectivity index (χ2n) is 4.55. The molecule has 23 heavy (non-hydrogen) atoms. The fourth-order valence-electron chi connectivity index (χ4n) is 1.33. The van der Waals surface area contributed by atoms with Crippen LogP contribution in [0, 0.1) is 16.0 Å². The van der Waals surface area contributed by atoms with Crippen LogP contribution in [0.25, 0.3) is 0 Å². The van der Waals surface area contributed by atoms with Gasteiger partial charge in [-0.25, -0.2) is 15.4 Å². The maximum atomic E-state index is 12.7. The molecule has 0 aliphatic heterocycles. The molecule has 0 amide bonds. The van der Waals surface area contributed by atoms with E-state index in [4.69, 9.17) is 26.8 Å². The topological polar surface area (TPSA) is 166 Å². The maximum Gasteiger partial charge on any atom is 0.433 e. The molecule has 0 unspecified atom stereocenters. The smallest absolute Gasteiger partial charge is 0.369 e. The van der Waals surface area contributed by atoms with E-state index < -0.39 is 17.0 Å².